The van der Waals surface area contributed by atoms with Crippen molar-refractivity contribution in [3.05, 3.63) is 236 Å². The first-order valence-corrected chi connectivity index (χ1v) is 22.2. The molecule has 0 unspecified atom stereocenters. The van der Waals surface area contributed by atoms with Gasteiger partial charge in [0.05, 0.1) is 33.1 Å². The fourth-order valence-electron chi connectivity index (χ4n) is 8.64. The molecular formula is C60H39IrN6O3. The zero-order valence-electron chi connectivity index (χ0n) is 37.2. The number of aromatic nitrogens is 6. The summed E-state index contributed by atoms with van der Waals surface area (Å²) in [6.07, 6.45) is 5.51. The largest absolute Gasteiger partial charge is 3.00 e. The minimum Gasteiger partial charge on any atom is -0.534 e. The first-order valence-electron chi connectivity index (χ1n) is 22.2. The monoisotopic (exact) mass is 1080 g/mol. The molecule has 0 atom stereocenters. The Balaban J connectivity index is 0.000000129. The summed E-state index contributed by atoms with van der Waals surface area (Å²) in [6, 6.07) is 72.9. The van der Waals surface area contributed by atoms with Gasteiger partial charge in [0.25, 0.3) is 0 Å². The van der Waals surface area contributed by atoms with Crippen molar-refractivity contribution >= 4 is 52.0 Å². The Bertz CT molecular complexity index is 3320. The number of aromatic amines is 3. The van der Waals surface area contributed by atoms with E-state index < -0.39 is 0 Å². The number of nitrogens with one attached hydrogen (secondary N) is 3. The molecule has 12 aromatic rings. The summed E-state index contributed by atoms with van der Waals surface area (Å²) in [6.45, 7) is 0. The SMILES string of the molecule is O=[C-]c1nc2c(-c3ccccc3)c(-c3ccccc3)ccc2[nH]1.O=[C-]c1nc2c(-c3ccccc3)c(-c3ccccc3)ccc2[nH]1.O=[C-]c1nc2c(-c3ccccc3)c(-c3ccccc3)ccc2[nH]1.[Ir+3]. The van der Waals surface area contributed by atoms with Crippen molar-refractivity contribution in [1.29, 1.82) is 0 Å². The van der Waals surface area contributed by atoms with Crippen LogP contribution >= 0.6 is 0 Å². The maximum Gasteiger partial charge on any atom is 3.00 e. The third kappa shape index (κ3) is 9.59. The number of hydrogen-bond donors (Lipinski definition) is 3. The van der Waals surface area contributed by atoms with Crippen molar-refractivity contribution in [2.24, 2.45) is 0 Å². The molecule has 3 aromatic heterocycles. The molecule has 10 heteroatoms. The van der Waals surface area contributed by atoms with E-state index in [1.165, 1.54) is 0 Å². The summed E-state index contributed by atoms with van der Waals surface area (Å²) in [5.41, 5.74) is 17.8. The maximum absolute atomic E-state index is 11.0. The van der Waals surface area contributed by atoms with Gasteiger partial charge < -0.3 is 29.3 Å². The van der Waals surface area contributed by atoms with Crippen LogP contribution in [0.15, 0.2) is 218 Å². The topological polar surface area (TPSA) is 137 Å². The van der Waals surface area contributed by atoms with E-state index in [0.29, 0.717) is 0 Å². The molecule has 0 bridgehead atoms. The maximum atomic E-state index is 11.0. The molecule has 0 radical (unpaired) electrons. The van der Waals surface area contributed by atoms with Gasteiger partial charge in [-0.2, -0.15) is 18.9 Å². The Kier molecular flexibility index (Phi) is 14.1. The van der Waals surface area contributed by atoms with Crippen LogP contribution in [-0.2, 0) is 34.5 Å². The molecule has 3 N–H and O–H groups in total. The Morgan fingerprint density at radius 1 is 0.271 bits per heavy atom. The Labute approximate surface area is 416 Å². The van der Waals surface area contributed by atoms with Crippen molar-refractivity contribution in [3.63, 3.8) is 0 Å². The first-order chi connectivity index (χ1) is 34.1. The van der Waals surface area contributed by atoms with Crippen LogP contribution in [0, 0.1) is 0 Å². The van der Waals surface area contributed by atoms with Crippen LogP contribution in [0.2, 0.25) is 0 Å². The fraction of sp³-hybridized carbons (Fsp3) is 0. The molecule has 12 rings (SSSR count). The van der Waals surface area contributed by atoms with Crippen molar-refractivity contribution in [1.82, 2.24) is 29.9 Å². The van der Waals surface area contributed by atoms with Crippen LogP contribution in [0.1, 0.15) is 17.5 Å². The summed E-state index contributed by atoms with van der Waals surface area (Å²) in [5, 5.41) is 0. The molecule has 9 aromatic carbocycles. The molecule has 70 heavy (non-hydrogen) atoms. The molecule has 0 aliphatic heterocycles. The van der Waals surface area contributed by atoms with E-state index >= 15 is 0 Å². The number of H-pyrrole nitrogens is 3. The minimum absolute atomic E-state index is 0. The third-order valence-electron chi connectivity index (χ3n) is 11.7. The smallest absolute Gasteiger partial charge is 0.534 e. The average molecular weight is 1080 g/mol. The number of carbonyl (C=O) groups excluding carboxylic acids is 3. The normalized spacial score (nSPS) is 10.6. The van der Waals surface area contributed by atoms with Crippen LogP contribution in [0.3, 0.4) is 0 Å². The van der Waals surface area contributed by atoms with E-state index in [1.54, 1.807) is 0 Å². The molecule has 9 nitrogen and oxygen atoms in total. The van der Waals surface area contributed by atoms with Crippen LogP contribution in [0.5, 0.6) is 0 Å². The standard InChI is InChI=1S/3C20H13N2O.Ir/c3*23-13-18-21-17-12-11-16(14-7-3-1-4-8-14)19(20(17)22-18)15-9-5-2-6-10-15;/h3*1-12H,(H,21,22);/q3*-1;+3. The molecular weight excluding hydrogens is 1040 g/mol. The molecule has 0 amide bonds. The number of nitrogens with zero attached hydrogens (tertiary/aromatic N) is 3. The molecule has 0 fully saturated rings. The number of imidazole rings is 3. The van der Waals surface area contributed by atoms with Crippen LogP contribution in [-0.4, -0.2) is 48.8 Å². The predicted molar refractivity (Wildman–Crippen MR) is 275 cm³/mol. The van der Waals surface area contributed by atoms with E-state index in [9.17, 15) is 14.4 Å². The van der Waals surface area contributed by atoms with E-state index in [0.717, 1.165) is 99.9 Å². The van der Waals surface area contributed by atoms with Crippen molar-refractivity contribution in [3.8, 4) is 66.8 Å². The van der Waals surface area contributed by atoms with Crippen LogP contribution in [0.25, 0.3) is 99.9 Å². The van der Waals surface area contributed by atoms with Gasteiger partial charge in [-0.25, -0.2) is 0 Å². The van der Waals surface area contributed by atoms with E-state index in [-0.39, 0.29) is 37.6 Å². The van der Waals surface area contributed by atoms with Gasteiger partial charge in [0.15, 0.2) is 0 Å². The van der Waals surface area contributed by atoms with Gasteiger partial charge >= 0.3 is 20.1 Å². The van der Waals surface area contributed by atoms with E-state index in [1.807, 2.05) is 146 Å². The zero-order valence-corrected chi connectivity index (χ0v) is 39.6. The summed E-state index contributed by atoms with van der Waals surface area (Å²) >= 11 is 0. The van der Waals surface area contributed by atoms with Crippen LogP contribution in [0.4, 0.5) is 0 Å². The minimum atomic E-state index is 0. The molecule has 0 aliphatic carbocycles. The number of rotatable bonds is 9. The fourth-order valence-corrected chi connectivity index (χ4v) is 8.64. The Morgan fingerprint density at radius 2 is 0.486 bits per heavy atom. The van der Waals surface area contributed by atoms with Gasteiger partial charge in [0.1, 0.15) is 0 Å². The van der Waals surface area contributed by atoms with Crippen LogP contribution < -0.4 is 0 Å². The molecule has 0 aliphatic rings. The Hall–Kier alpha value is -8.95. The van der Waals surface area contributed by atoms with Gasteiger partial charge in [-0.15, -0.1) is 0 Å². The first kappa shape index (κ1) is 46.2. The number of fused-ring (bicyclic) bond motifs is 3. The molecule has 3 heterocycles. The number of benzene rings is 9. The van der Waals surface area contributed by atoms with Crippen molar-refractivity contribution < 1.29 is 34.5 Å². The Morgan fingerprint density at radius 3 is 0.700 bits per heavy atom. The van der Waals surface area contributed by atoms with Crippen molar-refractivity contribution in [2.75, 3.05) is 0 Å². The number of hydrogen-bond acceptors (Lipinski definition) is 6. The summed E-state index contributed by atoms with van der Waals surface area (Å²) in [7, 11) is 0. The molecule has 336 valence electrons. The molecule has 0 spiro atoms. The summed E-state index contributed by atoms with van der Waals surface area (Å²) < 4.78 is 0. The third-order valence-corrected chi connectivity index (χ3v) is 11.7. The van der Waals surface area contributed by atoms with Gasteiger partial charge in [-0.05, 0) is 85.7 Å². The summed E-state index contributed by atoms with van der Waals surface area (Å²) in [4.78, 5) is 55.1. The van der Waals surface area contributed by atoms with Gasteiger partial charge in [-0.1, -0.05) is 200 Å². The second-order valence-corrected chi connectivity index (χ2v) is 15.9. The average Bonchev–Trinajstić information content (AvgIpc) is 4.19. The predicted octanol–water partition coefficient (Wildman–Crippen LogP) is 13.1. The molecule has 0 saturated heterocycles. The van der Waals surface area contributed by atoms with Gasteiger partial charge in [-0.3, -0.25) is 15.0 Å². The van der Waals surface area contributed by atoms with Gasteiger partial charge in [0, 0.05) is 16.7 Å². The van der Waals surface area contributed by atoms with Crippen molar-refractivity contribution in [2.45, 2.75) is 0 Å². The zero-order chi connectivity index (χ0) is 46.9. The second-order valence-electron chi connectivity index (χ2n) is 15.9. The second kappa shape index (κ2) is 21.3. The summed E-state index contributed by atoms with van der Waals surface area (Å²) in [5.74, 6) is 0.673. The van der Waals surface area contributed by atoms with E-state index in [2.05, 4.69) is 121 Å². The quantitative estimate of drug-likeness (QED) is 0.123. The van der Waals surface area contributed by atoms with E-state index in [4.69, 9.17) is 0 Å². The van der Waals surface area contributed by atoms with Gasteiger partial charge in [0.2, 0.25) is 0 Å². The molecule has 0 saturated carbocycles.